The second kappa shape index (κ2) is 8.91. The van der Waals surface area contributed by atoms with Crippen LogP contribution >= 0.6 is 0 Å². The van der Waals surface area contributed by atoms with Crippen LogP contribution in [0.5, 0.6) is 0 Å². The van der Waals surface area contributed by atoms with Gasteiger partial charge in [-0.3, -0.25) is 4.79 Å². The Hall–Kier alpha value is -4.13. The molecule has 0 aromatic heterocycles. The Balaban J connectivity index is 1.20. The van der Waals surface area contributed by atoms with Crippen LogP contribution in [0.4, 0.5) is 4.79 Å². The molecule has 0 unspecified atom stereocenters. The molecular formula is C28H26N2O5. The van der Waals surface area contributed by atoms with Gasteiger partial charge < -0.3 is 20.1 Å². The van der Waals surface area contributed by atoms with Crippen LogP contribution in [0.1, 0.15) is 45.8 Å². The lowest BCUT2D eigenvalue weighted by Gasteiger charge is -2.24. The molecule has 0 heterocycles. The van der Waals surface area contributed by atoms with E-state index in [9.17, 15) is 14.4 Å². The Morgan fingerprint density at radius 2 is 1.51 bits per heavy atom. The van der Waals surface area contributed by atoms with Crippen molar-refractivity contribution >= 4 is 18.0 Å². The standard InChI is InChI=1S/C28H26N2O5/c1-30(16-18-10-12-19(13-11-18)25(31)32)26(33)28(14-15-28)29-27(34)35-17-24-22-8-4-2-6-20(22)21-7-3-5-9-23(21)24/h2-13,24H,14-17H2,1H3,(H,29,34)(H,31,32). The molecule has 7 heteroatoms. The van der Waals surface area contributed by atoms with E-state index in [1.165, 1.54) is 12.1 Å². The average Bonchev–Trinajstić information content (AvgIpc) is 3.57. The first-order valence-electron chi connectivity index (χ1n) is 11.6. The number of ether oxygens (including phenoxy) is 1. The molecule has 0 bridgehead atoms. The van der Waals surface area contributed by atoms with Crippen LogP contribution in [0.3, 0.4) is 0 Å². The molecule has 178 valence electrons. The van der Waals surface area contributed by atoms with Crippen molar-refractivity contribution in [3.8, 4) is 11.1 Å². The van der Waals surface area contributed by atoms with Crippen molar-refractivity contribution in [2.75, 3.05) is 13.7 Å². The summed E-state index contributed by atoms with van der Waals surface area (Å²) in [6.07, 6.45) is 0.508. The minimum absolute atomic E-state index is 0.0459. The fourth-order valence-corrected chi connectivity index (χ4v) is 4.81. The molecule has 2 amide bonds. The Kier molecular flexibility index (Phi) is 5.76. The molecule has 1 fully saturated rings. The highest BCUT2D eigenvalue weighted by atomic mass is 16.5. The van der Waals surface area contributed by atoms with E-state index < -0.39 is 17.6 Å². The maximum absolute atomic E-state index is 13.1. The maximum atomic E-state index is 13.1. The summed E-state index contributed by atoms with van der Waals surface area (Å²) in [5, 5.41) is 11.8. The highest BCUT2D eigenvalue weighted by molar-refractivity contribution is 5.93. The highest BCUT2D eigenvalue weighted by Gasteiger charge is 2.53. The van der Waals surface area contributed by atoms with Crippen LogP contribution in [-0.2, 0) is 16.1 Å². The quantitative estimate of drug-likeness (QED) is 0.533. The van der Waals surface area contributed by atoms with Crippen LogP contribution in [0.2, 0.25) is 0 Å². The summed E-state index contributed by atoms with van der Waals surface area (Å²) >= 11 is 0. The summed E-state index contributed by atoms with van der Waals surface area (Å²) in [5.74, 6) is -1.23. The number of likely N-dealkylation sites (N-methyl/N-ethyl adjacent to an activating group) is 1. The van der Waals surface area contributed by atoms with Crippen LogP contribution < -0.4 is 5.32 Å². The number of rotatable bonds is 7. The van der Waals surface area contributed by atoms with Crippen molar-refractivity contribution in [3.05, 3.63) is 95.1 Å². The molecule has 3 aromatic rings. The number of carboxylic acid groups (broad SMARTS) is 1. The Morgan fingerprint density at radius 3 is 2.06 bits per heavy atom. The van der Waals surface area contributed by atoms with Crippen molar-refractivity contribution in [1.29, 1.82) is 0 Å². The van der Waals surface area contributed by atoms with Crippen LogP contribution in [0, 0.1) is 0 Å². The SMILES string of the molecule is CN(Cc1ccc(C(=O)O)cc1)C(=O)C1(NC(=O)OCC2c3ccccc3-c3ccccc32)CC1. The van der Waals surface area contributed by atoms with Gasteiger partial charge in [0.15, 0.2) is 0 Å². The molecule has 7 nitrogen and oxygen atoms in total. The van der Waals surface area contributed by atoms with E-state index in [-0.39, 0.29) is 24.0 Å². The Morgan fingerprint density at radius 1 is 0.943 bits per heavy atom. The first-order valence-corrected chi connectivity index (χ1v) is 11.6. The number of carbonyl (C=O) groups excluding carboxylic acids is 2. The zero-order valence-corrected chi connectivity index (χ0v) is 19.4. The average molecular weight is 471 g/mol. The third-order valence-electron chi connectivity index (χ3n) is 6.81. The lowest BCUT2D eigenvalue weighted by atomic mass is 9.98. The van der Waals surface area contributed by atoms with Gasteiger partial charge >= 0.3 is 12.1 Å². The molecule has 5 rings (SSSR count). The monoisotopic (exact) mass is 470 g/mol. The van der Waals surface area contributed by atoms with Gasteiger partial charge in [0.05, 0.1) is 5.56 Å². The molecule has 1 saturated carbocycles. The summed E-state index contributed by atoms with van der Waals surface area (Å²) in [5.41, 5.74) is 4.63. The molecule has 2 aliphatic rings. The molecule has 0 aliphatic heterocycles. The summed E-state index contributed by atoms with van der Waals surface area (Å²) in [7, 11) is 1.67. The summed E-state index contributed by atoms with van der Waals surface area (Å²) in [6.45, 7) is 0.503. The second-order valence-electron chi connectivity index (χ2n) is 9.20. The fraction of sp³-hybridized carbons (Fsp3) is 0.250. The van der Waals surface area contributed by atoms with Crippen molar-refractivity contribution < 1.29 is 24.2 Å². The van der Waals surface area contributed by atoms with Crippen LogP contribution in [0.25, 0.3) is 11.1 Å². The van der Waals surface area contributed by atoms with E-state index in [4.69, 9.17) is 9.84 Å². The molecule has 0 radical (unpaired) electrons. The topological polar surface area (TPSA) is 95.9 Å². The number of amides is 2. The first kappa shape index (κ1) is 22.7. The van der Waals surface area contributed by atoms with Crippen LogP contribution in [-0.4, -0.2) is 47.2 Å². The number of aromatic carboxylic acids is 1. The van der Waals surface area contributed by atoms with E-state index in [0.29, 0.717) is 19.4 Å². The van der Waals surface area contributed by atoms with Crippen molar-refractivity contribution in [2.45, 2.75) is 30.8 Å². The second-order valence-corrected chi connectivity index (χ2v) is 9.20. The molecule has 0 saturated heterocycles. The number of nitrogens with zero attached hydrogens (tertiary/aromatic N) is 1. The van der Waals surface area contributed by atoms with Crippen molar-refractivity contribution in [3.63, 3.8) is 0 Å². The Bertz CT molecular complexity index is 1250. The molecule has 2 N–H and O–H groups in total. The number of carboxylic acids is 1. The maximum Gasteiger partial charge on any atom is 0.408 e. The number of hydrogen-bond acceptors (Lipinski definition) is 4. The molecular weight excluding hydrogens is 444 g/mol. The lowest BCUT2D eigenvalue weighted by Crippen LogP contribution is -2.49. The van der Waals surface area contributed by atoms with Gasteiger partial charge in [-0.2, -0.15) is 0 Å². The number of nitrogens with one attached hydrogen (secondary N) is 1. The number of alkyl carbamates (subject to hydrolysis) is 1. The number of carbonyl (C=O) groups is 3. The smallest absolute Gasteiger partial charge is 0.408 e. The summed E-state index contributed by atoms with van der Waals surface area (Å²) < 4.78 is 5.62. The number of fused-ring (bicyclic) bond motifs is 3. The normalized spacial score (nSPS) is 15.0. The zero-order chi connectivity index (χ0) is 24.6. The highest BCUT2D eigenvalue weighted by Crippen LogP contribution is 2.44. The third-order valence-corrected chi connectivity index (χ3v) is 6.81. The third kappa shape index (κ3) is 4.37. The minimum atomic E-state index is -0.995. The van der Waals surface area contributed by atoms with Gasteiger partial charge in [0.1, 0.15) is 12.1 Å². The van der Waals surface area contributed by atoms with E-state index >= 15 is 0 Å². The van der Waals surface area contributed by atoms with Crippen molar-refractivity contribution in [2.24, 2.45) is 0 Å². The van der Waals surface area contributed by atoms with E-state index in [1.807, 2.05) is 24.3 Å². The minimum Gasteiger partial charge on any atom is -0.478 e. The van der Waals surface area contributed by atoms with Gasteiger partial charge in [-0.25, -0.2) is 9.59 Å². The largest absolute Gasteiger partial charge is 0.478 e. The van der Waals surface area contributed by atoms with E-state index in [0.717, 1.165) is 27.8 Å². The van der Waals surface area contributed by atoms with Crippen LogP contribution in [0.15, 0.2) is 72.8 Å². The van der Waals surface area contributed by atoms with Gasteiger partial charge in [-0.1, -0.05) is 60.7 Å². The predicted octanol–water partition coefficient (Wildman–Crippen LogP) is 4.41. The predicted molar refractivity (Wildman–Crippen MR) is 130 cm³/mol. The van der Waals surface area contributed by atoms with Crippen molar-refractivity contribution in [1.82, 2.24) is 10.2 Å². The molecule has 0 spiro atoms. The molecule has 35 heavy (non-hydrogen) atoms. The van der Waals surface area contributed by atoms with Gasteiger partial charge in [0.25, 0.3) is 0 Å². The zero-order valence-electron chi connectivity index (χ0n) is 19.4. The van der Waals surface area contributed by atoms with Gasteiger partial charge in [0.2, 0.25) is 5.91 Å². The lowest BCUT2D eigenvalue weighted by molar-refractivity contribution is -0.133. The van der Waals surface area contributed by atoms with Gasteiger partial charge in [0, 0.05) is 19.5 Å². The first-order chi connectivity index (χ1) is 16.9. The molecule has 2 aliphatic carbocycles. The summed E-state index contributed by atoms with van der Waals surface area (Å²) in [6, 6.07) is 22.7. The molecule has 3 aromatic carbocycles. The summed E-state index contributed by atoms with van der Waals surface area (Å²) in [4.78, 5) is 38.4. The number of benzene rings is 3. The number of hydrogen-bond donors (Lipinski definition) is 2. The van der Waals surface area contributed by atoms with E-state index in [1.54, 1.807) is 24.1 Å². The van der Waals surface area contributed by atoms with Gasteiger partial charge in [-0.15, -0.1) is 0 Å². The Labute approximate surface area is 203 Å². The molecule has 0 atom stereocenters. The fourth-order valence-electron chi connectivity index (χ4n) is 4.81. The van der Waals surface area contributed by atoms with Gasteiger partial charge in [-0.05, 0) is 52.8 Å². The van der Waals surface area contributed by atoms with E-state index in [2.05, 4.69) is 29.6 Å².